The standard InChI is InChI=1S/C24H34N2O3/c1-7-18(4)21(26(22(27)8-2)23(28)9-3)17-20(24(25-5)29-6)16-15-19-13-11-10-12-14-19/h8-9,15-17,19H,2-3,7,10-14H2,1,4-6H3/b16-15+,20-17-,21-18-,25-24+. The van der Waals surface area contributed by atoms with Crippen LogP contribution in [0.15, 0.2) is 65.4 Å². The van der Waals surface area contributed by atoms with E-state index in [1.165, 1.54) is 32.1 Å². The minimum atomic E-state index is -0.503. The van der Waals surface area contributed by atoms with E-state index in [4.69, 9.17) is 4.74 Å². The Hall–Kier alpha value is -2.69. The van der Waals surface area contributed by atoms with Gasteiger partial charge in [0.15, 0.2) is 0 Å². The van der Waals surface area contributed by atoms with Crippen LogP contribution in [0, 0.1) is 5.92 Å². The minimum absolute atomic E-state index is 0.440. The molecule has 1 aliphatic rings. The van der Waals surface area contributed by atoms with Crippen molar-refractivity contribution in [2.75, 3.05) is 14.2 Å². The smallest absolute Gasteiger partial charge is 0.257 e. The van der Waals surface area contributed by atoms with Crippen LogP contribution in [0.4, 0.5) is 0 Å². The Balaban J connectivity index is 3.52. The van der Waals surface area contributed by atoms with Crippen molar-refractivity contribution >= 4 is 17.7 Å². The van der Waals surface area contributed by atoms with Crippen LogP contribution < -0.4 is 0 Å². The summed E-state index contributed by atoms with van der Waals surface area (Å²) in [5.74, 6) is -0.0491. The summed E-state index contributed by atoms with van der Waals surface area (Å²) in [6, 6.07) is 0. The van der Waals surface area contributed by atoms with E-state index in [1.807, 2.05) is 19.9 Å². The van der Waals surface area contributed by atoms with E-state index in [9.17, 15) is 9.59 Å². The molecule has 0 saturated heterocycles. The number of amides is 2. The molecule has 0 N–H and O–H groups in total. The van der Waals surface area contributed by atoms with Crippen LogP contribution in [0.3, 0.4) is 0 Å². The fourth-order valence-corrected chi connectivity index (χ4v) is 3.32. The van der Waals surface area contributed by atoms with Gasteiger partial charge in [-0.15, -0.1) is 0 Å². The molecule has 5 nitrogen and oxygen atoms in total. The maximum atomic E-state index is 12.5. The average molecular weight is 399 g/mol. The molecule has 1 saturated carbocycles. The van der Waals surface area contributed by atoms with Gasteiger partial charge in [0.05, 0.1) is 12.8 Å². The molecule has 0 aromatic rings. The molecule has 2 amide bonds. The average Bonchev–Trinajstić information content (AvgIpc) is 2.76. The summed E-state index contributed by atoms with van der Waals surface area (Å²) in [6.45, 7) is 10.9. The fourth-order valence-electron chi connectivity index (χ4n) is 3.32. The molecule has 0 heterocycles. The van der Waals surface area contributed by atoms with Gasteiger partial charge in [0.2, 0.25) is 5.90 Å². The number of ether oxygens (including phenoxy) is 1. The number of carbonyl (C=O) groups excluding carboxylic acids is 2. The number of aliphatic imine (C=N–C) groups is 1. The van der Waals surface area contributed by atoms with Crippen molar-refractivity contribution in [3.05, 3.63) is 60.4 Å². The highest BCUT2D eigenvalue weighted by Gasteiger charge is 2.23. The number of hydrogen-bond donors (Lipinski definition) is 0. The minimum Gasteiger partial charge on any atom is -0.481 e. The first kappa shape index (κ1) is 24.3. The third kappa shape index (κ3) is 7.00. The second kappa shape index (κ2) is 12.7. The Labute approximate surface area is 175 Å². The molecule has 0 atom stereocenters. The normalized spacial score (nSPS) is 17.0. The van der Waals surface area contributed by atoms with Gasteiger partial charge in [0, 0.05) is 12.6 Å². The predicted molar refractivity (Wildman–Crippen MR) is 119 cm³/mol. The zero-order chi connectivity index (χ0) is 21.8. The van der Waals surface area contributed by atoms with Gasteiger partial charge in [-0.2, -0.15) is 0 Å². The van der Waals surface area contributed by atoms with Crippen LogP contribution in [-0.4, -0.2) is 36.8 Å². The fraction of sp³-hybridized carbons (Fsp3) is 0.458. The van der Waals surface area contributed by atoms with Crippen LogP contribution in [0.2, 0.25) is 0 Å². The zero-order valence-corrected chi connectivity index (χ0v) is 18.2. The van der Waals surface area contributed by atoms with Gasteiger partial charge < -0.3 is 4.74 Å². The topological polar surface area (TPSA) is 59.0 Å². The summed E-state index contributed by atoms with van der Waals surface area (Å²) in [6.07, 6.45) is 15.0. The van der Waals surface area contributed by atoms with Gasteiger partial charge >= 0.3 is 0 Å². The van der Waals surface area contributed by atoms with Crippen molar-refractivity contribution in [3.63, 3.8) is 0 Å². The van der Waals surface area contributed by atoms with E-state index in [0.717, 1.165) is 22.6 Å². The van der Waals surface area contributed by atoms with Crippen molar-refractivity contribution in [1.82, 2.24) is 4.90 Å². The molecule has 0 aromatic heterocycles. The van der Waals surface area contributed by atoms with Gasteiger partial charge in [-0.05, 0) is 55.9 Å². The van der Waals surface area contributed by atoms with Crippen LogP contribution in [0.25, 0.3) is 0 Å². The lowest BCUT2D eigenvalue weighted by Gasteiger charge is -2.22. The zero-order valence-electron chi connectivity index (χ0n) is 18.2. The van der Waals surface area contributed by atoms with Crippen molar-refractivity contribution < 1.29 is 14.3 Å². The van der Waals surface area contributed by atoms with E-state index >= 15 is 0 Å². The molecule has 0 bridgehead atoms. The molecule has 1 fully saturated rings. The molecular formula is C24H34N2O3. The van der Waals surface area contributed by atoms with Gasteiger partial charge in [0.1, 0.15) is 0 Å². The van der Waals surface area contributed by atoms with E-state index in [1.54, 1.807) is 20.2 Å². The van der Waals surface area contributed by atoms with E-state index in [-0.39, 0.29) is 0 Å². The number of hydrogen-bond acceptors (Lipinski definition) is 4. The summed E-state index contributed by atoms with van der Waals surface area (Å²) in [5, 5.41) is 0. The highest BCUT2D eigenvalue weighted by atomic mass is 16.5. The predicted octanol–water partition coefficient (Wildman–Crippen LogP) is 5.14. The first-order valence-corrected chi connectivity index (χ1v) is 10.2. The van der Waals surface area contributed by atoms with Gasteiger partial charge in [-0.25, -0.2) is 4.90 Å². The molecule has 0 spiro atoms. The van der Waals surface area contributed by atoms with Crippen molar-refractivity contribution in [2.24, 2.45) is 10.9 Å². The summed E-state index contributed by atoms with van der Waals surface area (Å²) < 4.78 is 5.45. The number of allylic oxidation sites excluding steroid dienone is 3. The number of rotatable bonds is 8. The molecule has 1 aliphatic carbocycles. The highest BCUT2D eigenvalue weighted by molar-refractivity contribution is 6.07. The molecule has 0 radical (unpaired) electrons. The summed E-state index contributed by atoms with van der Waals surface area (Å²) in [5.41, 5.74) is 2.08. The maximum Gasteiger partial charge on any atom is 0.257 e. The number of imide groups is 1. The van der Waals surface area contributed by atoms with Crippen LogP contribution in [0.5, 0.6) is 0 Å². The van der Waals surface area contributed by atoms with E-state index in [0.29, 0.717) is 29.5 Å². The molecule has 0 aliphatic heterocycles. The Kier molecular flexibility index (Phi) is 10.7. The summed E-state index contributed by atoms with van der Waals surface area (Å²) >= 11 is 0. The highest BCUT2D eigenvalue weighted by Crippen LogP contribution is 2.26. The molecule has 158 valence electrons. The Morgan fingerprint density at radius 3 is 2.17 bits per heavy atom. The third-order valence-electron chi connectivity index (χ3n) is 5.13. The second-order valence-electron chi connectivity index (χ2n) is 7.03. The summed E-state index contributed by atoms with van der Waals surface area (Å²) in [7, 11) is 3.21. The van der Waals surface area contributed by atoms with Crippen molar-refractivity contribution in [2.45, 2.75) is 52.4 Å². The van der Waals surface area contributed by atoms with Gasteiger partial charge in [0.25, 0.3) is 11.8 Å². The Morgan fingerprint density at radius 1 is 1.14 bits per heavy atom. The lowest BCUT2D eigenvalue weighted by molar-refractivity contribution is -0.136. The second-order valence-corrected chi connectivity index (χ2v) is 7.03. The molecule has 1 rings (SSSR count). The van der Waals surface area contributed by atoms with Crippen LogP contribution in [-0.2, 0) is 14.3 Å². The first-order chi connectivity index (χ1) is 13.9. The number of carbonyl (C=O) groups is 2. The lowest BCUT2D eigenvalue weighted by atomic mass is 9.88. The largest absolute Gasteiger partial charge is 0.481 e. The molecular weight excluding hydrogens is 364 g/mol. The Morgan fingerprint density at radius 2 is 1.72 bits per heavy atom. The number of nitrogens with zero attached hydrogens (tertiary/aromatic N) is 2. The first-order valence-electron chi connectivity index (χ1n) is 10.2. The van der Waals surface area contributed by atoms with E-state index < -0.39 is 11.8 Å². The quantitative estimate of drug-likeness (QED) is 0.246. The molecule has 29 heavy (non-hydrogen) atoms. The van der Waals surface area contributed by atoms with Crippen molar-refractivity contribution in [3.8, 4) is 0 Å². The van der Waals surface area contributed by atoms with Gasteiger partial charge in [-0.1, -0.05) is 51.5 Å². The molecule has 0 aromatic carbocycles. The third-order valence-corrected chi connectivity index (χ3v) is 5.13. The maximum absolute atomic E-state index is 12.5. The van der Waals surface area contributed by atoms with Crippen LogP contribution >= 0.6 is 0 Å². The van der Waals surface area contributed by atoms with Crippen LogP contribution in [0.1, 0.15) is 52.4 Å². The lowest BCUT2D eigenvalue weighted by Crippen LogP contribution is -2.34. The Bertz CT molecular complexity index is 715. The van der Waals surface area contributed by atoms with E-state index in [2.05, 4.69) is 24.2 Å². The SMILES string of the molecule is C=CC(=O)N(C(=O)C=C)C(/C=C(/C=C/C1CCCCC1)C(=N/C)\OC)=C(/C)CC. The molecule has 0 unspecified atom stereocenters. The monoisotopic (exact) mass is 398 g/mol. The number of methoxy groups -OCH3 is 1. The van der Waals surface area contributed by atoms with Gasteiger partial charge in [-0.3, -0.25) is 14.6 Å². The van der Waals surface area contributed by atoms with Crippen molar-refractivity contribution in [1.29, 1.82) is 0 Å². The summed E-state index contributed by atoms with van der Waals surface area (Å²) in [4.78, 5) is 30.2. The molecule has 5 heteroatoms.